The van der Waals surface area contributed by atoms with Gasteiger partial charge < -0.3 is 15.0 Å². The average molecular weight is 254 g/mol. The number of piperidine rings is 1. The summed E-state index contributed by atoms with van der Waals surface area (Å²) in [5, 5.41) is 2.75. The highest BCUT2D eigenvalue weighted by Crippen LogP contribution is 2.27. The van der Waals surface area contributed by atoms with E-state index in [4.69, 9.17) is 4.74 Å². The highest BCUT2D eigenvalue weighted by Gasteiger charge is 2.44. The number of hydrogen-bond acceptors (Lipinski definition) is 4. The fraction of sp³-hybridized carbons (Fsp3) is 0.750. The van der Waals surface area contributed by atoms with Gasteiger partial charge in [0, 0.05) is 6.54 Å². The van der Waals surface area contributed by atoms with Crippen molar-refractivity contribution in [2.45, 2.75) is 38.3 Å². The molecule has 6 nitrogen and oxygen atoms in total. The molecule has 2 amide bonds. The Labute approximate surface area is 106 Å². The molecule has 2 aliphatic rings. The Kier molecular flexibility index (Phi) is 3.54. The van der Waals surface area contributed by atoms with Crippen LogP contribution in [0.1, 0.15) is 26.2 Å². The van der Waals surface area contributed by atoms with Crippen LogP contribution in [-0.2, 0) is 19.1 Å². The van der Waals surface area contributed by atoms with E-state index in [2.05, 4.69) is 5.32 Å². The molecule has 0 spiro atoms. The lowest BCUT2D eigenvalue weighted by atomic mass is 9.94. The first-order valence-electron chi connectivity index (χ1n) is 6.24. The third-order valence-electron chi connectivity index (χ3n) is 3.66. The summed E-state index contributed by atoms with van der Waals surface area (Å²) in [7, 11) is 1.30. The zero-order chi connectivity index (χ0) is 13.3. The van der Waals surface area contributed by atoms with Gasteiger partial charge in [-0.3, -0.25) is 9.59 Å². The molecule has 0 saturated carbocycles. The Balaban J connectivity index is 2.32. The average Bonchev–Trinajstić information content (AvgIpc) is 2.50. The van der Waals surface area contributed by atoms with E-state index in [0.29, 0.717) is 19.4 Å². The second-order valence-corrected chi connectivity index (χ2v) is 4.88. The van der Waals surface area contributed by atoms with Gasteiger partial charge >= 0.3 is 5.97 Å². The van der Waals surface area contributed by atoms with E-state index in [9.17, 15) is 14.4 Å². The minimum Gasteiger partial charge on any atom is -0.467 e. The topological polar surface area (TPSA) is 75.7 Å². The van der Waals surface area contributed by atoms with Crippen molar-refractivity contribution in [1.29, 1.82) is 0 Å². The van der Waals surface area contributed by atoms with Crippen LogP contribution in [0.15, 0.2) is 0 Å². The molecule has 0 aromatic heterocycles. The molecule has 2 heterocycles. The predicted octanol–water partition coefficient (Wildman–Crippen LogP) is -0.325. The second kappa shape index (κ2) is 4.96. The van der Waals surface area contributed by atoms with E-state index < -0.39 is 18.1 Å². The lowest BCUT2D eigenvalue weighted by Crippen LogP contribution is -2.57. The van der Waals surface area contributed by atoms with Gasteiger partial charge in [-0.2, -0.15) is 0 Å². The summed E-state index contributed by atoms with van der Waals surface area (Å²) in [6.45, 7) is 2.09. The number of fused-ring (bicyclic) bond motifs is 1. The summed E-state index contributed by atoms with van der Waals surface area (Å²) in [6.07, 6.45) is 1.92. The molecule has 2 saturated heterocycles. The van der Waals surface area contributed by atoms with E-state index in [1.54, 1.807) is 6.92 Å². The first-order valence-corrected chi connectivity index (χ1v) is 6.24. The number of ether oxygens (including phenoxy) is 1. The van der Waals surface area contributed by atoms with Gasteiger partial charge in [0.1, 0.15) is 12.1 Å². The van der Waals surface area contributed by atoms with Gasteiger partial charge in [-0.25, -0.2) is 4.79 Å². The minimum absolute atomic E-state index is 0.145. The highest BCUT2D eigenvalue weighted by atomic mass is 16.5. The van der Waals surface area contributed by atoms with Crippen LogP contribution in [0.5, 0.6) is 0 Å². The lowest BCUT2D eigenvalue weighted by Gasteiger charge is -2.38. The van der Waals surface area contributed by atoms with Crippen molar-refractivity contribution >= 4 is 17.8 Å². The SMILES string of the molecule is COC(=O)[C@@H]1CCC[C@@H]2C(=O)NCC(C)C(=O)N21. The van der Waals surface area contributed by atoms with E-state index in [-0.39, 0.29) is 17.7 Å². The van der Waals surface area contributed by atoms with Crippen molar-refractivity contribution in [3.8, 4) is 0 Å². The van der Waals surface area contributed by atoms with Crippen LogP contribution in [0, 0.1) is 5.92 Å². The summed E-state index contributed by atoms with van der Waals surface area (Å²) in [5.41, 5.74) is 0. The van der Waals surface area contributed by atoms with Crippen LogP contribution in [0.2, 0.25) is 0 Å². The molecule has 0 aromatic carbocycles. The normalized spacial score (nSPS) is 32.3. The van der Waals surface area contributed by atoms with Crippen molar-refractivity contribution in [3.63, 3.8) is 0 Å². The van der Waals surface area contributed by atoms with Crippen LogP contribution in [0.4, 0.5) is 0 Å². The number of rotatable bonds is 1. The molecule has 0 aliphatic carbocycles. The second-order valence-electron chi connectivity index (χ2n) is 4.88. The van der Waals surface area contributed by atoms with Crippen molar-refractivity contribution in [2.24, 2.45) is 5.92 Å². The largest absolute Gasteiger partial charge is 0.467 e. The number of amides is 2. The number of nitrogens with one attached hydrogen (secondary N) is 1. The lowest BCUT2D eigenvalue weighted by molar-refractivity contribution is -0.159. The van der Waals surface area contributed by atoms with E-state index in [0.717, 1.165) is 6.42 Å². The van der Waals surface area contributed by atoms with Crippen molar-refractivity contribution in [2.75, 3.05) is 13.7 Å². The molecule has 2 rings (SSSR count). The first-order chi connectivity index (χ1) is 8.56. The Morgan fingerprint density at radius 2 is 2.11 bits per heavy atom. The molecular weight excluding hydrogens is 236 g/mol. The number of hydrogen-bond donors (Lipinski definition) is 1. The van der Waals surface area contributed by atoms with Crippen molar-refractivity contribution in [1.82, 2.24) is 10.2 Å². The summed E-state index contributed by atoms with van der Waals surface area (Å²) >= 11 is 0. The molecule has 6 heteroatoms. The molecule has 2 fully saturated rings. The quantitative estimate of drug-likeness (QED) is 0.650. The monoisotopic (exact) mass is 254 g/mol. The van der Waals surface area contributed by atoms with Crippen LogP contribution in [-0.4, -0.2) is 48.4 Å². The van der Waals surface area contributed by atoms with Gasteiger partial charge in [-0.05, 0) is 19.3 Å². The smallest absolute Gasteiger partial charge is 0.328 e. The molecule has 3 atom stereocenters. The van der Waals surface area contributed by atoms with Gasteiger partial charge in [0.2, 0.25) is 11.8 Å². The fourth-order valence-corrected chi connectivity index (χ4v) is 2.65. The molecule has 0 bridgehead atoms. The third-order valence-corrected chi connectivity index (χ3v) is 3.66. The summed E-state index contributed by atoms with van der Waals surface area (Å²) < 4.78 is 4.73. The van der Waals surface area contributed by atoms with Crippen LogP contribution < -0.4 is 5.32 Å². The summed E-state index contributed by atoms with van der Waals surface area (Å²) in [5.74, 6) is -1.05. The van der Waals surface area contributed by atoms with E-state index in [1.807, 2.05) is 0 Å². The summed E-state index contributed by atoms with van der Waals surface area (Å²) in [4.78, 5) is 37.4. The Morgan fingerprint density at radius 1 is 1.39 bits per heavy atom. The molecule has 100 valence electrons. The molecule has 1 unspecified atom stereocenters. The molecule has 1 N–H and O–H groups in total. The van der Waals surface area contributed by atoms with Gasteiger partial charge in [0.05, 0.1) is 13.0 Å². The van der Waals surface area contributed by atoms with E-state index >= 15 is 0 Å². The maximum atomic E-state index is 12.3. The Hall–Kier alpha value is -1.59. The number of carbonyl (C=O) groups is 3. The molecule has 0 aromatic rings. The number of esters is 1. The maximum absolute atomic E-state index is 12.3. The van der Waals surface area contributed by atoms with Crippen molar-refractivity contribution < 1.29 is 19.1 Å². The highest BCUT2D eigenvalue weighted by molar-refractivity contribution is 5.94. The third kappa shape index (κ3) is 2.07. The van der Waals surface area contributed by atoms with Crippen LogP contribution in [0.3, 0.4) is 0 Å². The number of methoxy groups -OCH3 is 1. The van der Waals surface area contributed by atoms with Gasteiger partial charge in [-0.1, -0.05) is 6.92 Å². The molecule has 0 radical (unpaired) electrons. The fourth-order valence-electron chi connectivity index (χ4n) is 2.65. The standard InChI is InChI=1S/C12H18N2O4/c1-7-6-13-10(15)8-4-3-5-9(12(17)18-2)14(8)11(7)16/h7-9H,3-6H2,1-2H3,(H,13,15)/t7?,8-,9+/m1/s1. The summed E-state index contributed by atoms with van der Waals surface area (Å²) in [6, 6.07) is -1.15. The number of carbonyl (C=O) groups excluding carboxylic acids is 3. The minimum atomic E-state index is -0.618. The Bertz CT molecular complexity index is 382. The maximum Gasteiger partial charge on any atom is 0.328 e. The van der Waals surface area contributed by atoms with Crippen molar-refractivity contribution in [3.05, 3.63) is 0 Å². The van der Waals surface area contributed by atoms with Crippen LogP contribution in [0.25, 0.3) is 0 Å². The molecular formula is C12H18N2O4. The first kappa shape index (κ1) is 12.9. The molecule has 18 heavy (non-hydrogen) atoms. The number of nitrogens with zero attached hydrogens (tertiary/aromatic N) is 1. The zero-order valence-electron chi connectivity index (χ0n) is 10.6. The molecule has 2 aliphatic heterocycles. The van der Waals surface area contributed by atoms with Gasteiger partial charge in [0.15, 0.2) is 0 Å². The Morgan fingerprint density at radius 3 is 2.78 bits per heavy atom. The van der Waals surface area contributed by atoms with E-state index in [1.165, 1.54) is 12.0 Å². The van der Waals surface area contributed by atoms with Gasteiger partial charge in [0.25, 0.3) is 0 Å². The van der Waals surface area contributed by atoms with Gasteiger partial charge in [-0.15, -0.1) is 0 Å². The predicted molar refractivity (Wildman–Crippen MR) is 62.5 cm³/mol. The van der Waals surface area contributed by atoms with Crippen LogP contribution >= 0.6 is 0 Å². The zero-order valence-corrected chi connectivity index (χ0v) is 10.6.